The van der Waals surface area contributed by atoms with Gasteiger partial charge in [0.15, 0.2) is 17.5 Å². The van der Waals surface area contributed by atoms with Crippen LogP contribution in [0.5, 0.6) is 0 Å². The van der Waals surface area contributed by atoms with Crippen LogP contribution in [-0.4, -0.2) is 14.9 Å². The molecular weight excluding hydrogens is 221 g/mol. The summed E-state index contributed by atoms with van der Waals surface area (Å²) in [5, 5.41) is 0.417. The van der Waals surface area contributed by atoms with E-state index >= 15 is 0 Å². The van der Waals surface area contributed by atoms with Crippen LogP contribution in [0.3, 0.4) is 0 Å². The van der Waals surface area contributed by atoms with E-state index in [0.717, 1.165) is 12.1 Å². The van der Waals surface area contributed by atoms with E-state index in [9.17, 15) is 13.2 Å². The number of halogens is 3. The van der Waals surface area contributed by atoms with Gasteiger partial charge in [0.2, 0.25) is 8.32 Å². The smallest absolute Gasteiger partial charge is 0.218 e. The lowest BCUT2D eigenvalue weighted by molar-refractivity contribution is 0.338. The van der Waals surface area contributed by atoms with Crippen molar-refractivity contribution >= 4 is 13.5 Å². The first-order valence-electron chi connectivity index (χ1n) is 4.67. The number of hydrogen-bond acceptors (Lipinski definition) is 1. The molecule has 0 unspecified atom stereocenters. The number of benzene rings is 1. The molecule has 0 atom stereocenters. The molecule has 1 aromatic carbocycles. The first-order valence-corrected chi connectivity index (χ1v) is 7.58. The van der Waals surface area contributed by atoms with E-state index in [4.69, 9.17) is 4.43 Å². The van der Waals surface area contributed by atoms with Gasteiger partial charge in [-0.15, -0.1) is 0 Å². The molecule has 0 aliphatic carbocycles. The van der Waals surface area contributed by atoms with Crippen LogP contribution in [0.25, 0.3) is 0 Å². The lowest BCUT2D eigenvalue weighted by Gasteiger charge is -2.22. The molecule has 1 aromatic rings. The molecule has 15 heavy (non-hydrogen) atoms. The van der Waals surface area contributed by atoms with Gasteiger partial charge in [-0.05, 0) is 37.3 Å². The SMILES string of the molecule is CCO[Si](C)(C)c1cc(F)c(F)c(F)c1. The highest BCUT2D eigenvalue weighted by Crippen LogP contribution is 2.12. The lowest BCUT2D eigenvalue weighted by atomic mass is 10.3. The zero-order chi connectivity index (χ0) is 11.6. The molecule has 0 saturated carbocycles. The maximum absolute atomic E-state index is 13.0. The van der Waals surface area contributed by atoms with Crippen LogP contribution >= 0.6 is 0 Å². The minimum Gasteiger partial charge on any atom is -0.413 e. The second kappa shape index (κ2) is 4.36. The molecule has 0 aliphatic rings. The topological polar surface area (TPSA) is 9.23 Å². The lowest BCUT2D eigenvalue weighted by Crippen LogP contribution is -2.45. The molecule has 0 bridgehead atoms. The predicted octanol–water partition coefficient (Wildman–Crippen LogP) is 2.55. The normalized spacial score (nSPS) is 11.9. The van der Waals surface area contributed by atoms with Crippen LogP contribution in [0.2, 0.25) is 13.1 Å². The van der Waals surface area contributed by atoms with Gasteiger partial charge >= 0.3 is 0 Å². The van der Waals surface area contributed by atoms with Crippen molar-refractivity contribution in [3.63, 3.8) is 0 Å². The fourth-order valence-corrected chi connectivity index (χ4v) is 3.18. The van der Waals surface area contributed by atoms with Gasteiger partial charge < -0.3 is 4.43 Å². The van der Waals surface area contributed by atoms with Gasteiger partial charge in [0.05, 0.1) is 0 Å². The van der Waals surface area contributed by atoms with E-state index < -0.39 is 25.8 Å². The Morgan fingerprint density at radius 2 is 1.60 bits per heavy atom. The Morgan fingerprint density at radius 3 is 2.00 bits per heavy atom. The summed E-state index contributed by atoms with van der Waals surface area (Å²) in [7, 11) is -2.31. The van der Waals surface area contributed by atoms with Gasteiger partial charge in [-0.2, -0.15) is 0 Å². The first-order chi connectivity index (χ1) is 6.88. The highest BCUT2D eigenvalue weighted by Gasteiger charge is 2.27. The quantitative estimate of drug-likeness (QED) is 0.577. The molecule has 5 heteroatoms. The van der Waals surface area contributed by atoms with Crippen LogP contribution in [0, 0.1) is 17.5 Å². The van der Waals surface area contributed by atoms with E-state index in [-0.39, 0.29) is 0 Å². The monoisotopic (exact) mass is 234 g/mol. The van der Waals surface area contributed by atoms with Gasteiger partial charge in [0.1, 0.15) is 0 Å². The minimum absolute atomic E-state index is 0.417. The predicted molar refractivity (Wildman–Crippen MR) is 55.1 cm³/mol. The van der Waals surface area contributed by atoms with E-state index in [0.29, 0.717) is 11.8 Å². The Labute approximate surface area is 88.0 Å². The fraction of sp³-hybridized carbons (Fsp3) is 0.400. The summed E-state index contributed by atoms with van der Waals surface area (Å²) >= 11 is 0. The van der Waals surface area contributed by atoms with Gasteiger partial charge in [0, 0.05) is 6.61 Å². The maximum atomic E-state index is 13.0. The number of rotatable bonds is 3. The van der Waals surface area contributed by atoms with Gasteiger partial charge in [-0.25, -0.2) is 13.2 Å². The van der Waals surface area contributed by atoms with E-state index in [1.165, 1.54) is 0 Å². The standard InChI is InChI=1S/C10H13F3OSi/c1-4-14-15(2,3)7-5-8(11)10(13)9(12)6-7/h5-6H,4H2,1-3H3. The largest absolute Gasteiger partial charge is 0.413 e. The summed E-state index contributed by atoms with van der Waals surface area (Å²) in [5.41, 5.74) is 0. The maximum Gasteiger partial charge on any atom is 0.218 e. The van der Waals surface area contributed by atoms with Crippen LogP contribution in [-0.2, 0) is 4.43 Å². The van der Waals surface area contributed by atoms with Crippen molar-refractivity contribution in [1.82, 2.24) is 0 Å². The van der Waals surface area contributed by atoms with Crippen molar-refractivity contribution in [3.8, 4) is 0 Å². The summed E-state index contributed by atoms with van der Waals surface area (Å²) in [4.78, 5) is 0. The molecule has 0 amide bonds. The third-order valence-corrected chi connectivity index (χ3v) is 4.87. The summed E-state index contributed by atoms with van der Waals surface area (Å²) < 4.78 is 44.1. The highest BCUT2D eigenvalue weighted by atomic mass is 28.4. The minimum atomic E-state index is -2.31. The van der Waals surface area contributed by atoms with Gasteiger partial charge in [0.25, 0.3) is 0 Å². The second-order valence-corrected chi connectivity index (χ2v) is 7.58. The van der Waals surface area contributed by atoms with Crippen molar-refractivity contribution in [2.24, 2.45) is 0 Å². The van der Waals surface area contributed by atoms with Crippen LogP contribution < -0.4 is 5.19 Å². The summed E-state index contributed by atoms with van der Waals surface area (Å²) in [6.07, 6.45) is 0. The molecule has 0 aromatic heterocycles. The third-order valence-electron chi connectivity index (χ3n) is 2.18. The molecule has 1 nitrogen and oxygen atoms in total. The van der Waals surface area contributed by atoms with Crippen LogP contribution in [0.4, 0.5) is 13.2 Å². The zero-order valence-electron chi connectivity index (χ0n) is 8.90. The average Bonchev–Trinajstić information content (AvgIpc) is 2.13. The van der Waals surface area contributed by atoms with E-state index in [2.05, 4.69) is 0 Å². The van der Waals surface area contributed by atoms with Gasteiger partial charge in [-0.3, -0.25) is 0 Å². The fourth-order valence-electron chi connectivity index (χ4n) is 1.35. The van der Waals surface area contributed by atoms with Crippen LogP contribution in [0.15, 0.2) is 12.1 Å². The molecule has 1 rings (SSSR count). The highest BCUT2D eigenvalue weighted by molar-refractivity contribution is 6.84. The Balaban J connectivity index is 3.16. The first kappa shape index (κ1) is 12.3. The van der Waals surface area contributed by atoms with Crippen molar-refractivity contribution in [2.75, 3.05) is 6.61 Å². The molecule has 0 aliphatic heterocycles. The van der Waals surface area contributed by atoms with Crippen LogP contribution in [0.1, 0.15) is 6.92 Å². The molecular formula is C10H13F3OSi. The summed E-state index contributed by atoms with van der Waals surface area (Å²) in [5.74, 6) is -3.75. The molecule has 0 fully saturated rings. The second-order valence-electron chi connectivity index (χ2n) is 3.70. The van der Waals surface area contributed by atoms with Crippen molar-refractivity contribution in [1.29, 1.82) is 0 Å². The average molecular weight is 234 g/mol. The molecule has 0 saturated heterocycles. The number of hydrogen-bond donors (Lipinski definition) is 0. The molecule has 0 N–H and O–H groups in total. The Hall–Kier alpha value is -0.813. The summed E-state index contributed by atoms with van der Waals surface area (Å²) in [6, 6.07) is 2.03. The van der Waals surface area contributed by atoms with Crippen molar-refractivity contribution < 1.29 is 17.6 Å². The molecule has 84 valence electrons. The Kier molecular flexibility index (Phi) is 3.57. The zero-order valence-corrected chi connectivity index (χ0v) is 9.90. The Bertz CT molecular complexity index is 343. The molecule has 0 radical (unpaired) electrons. The van der Waals surface area contributed by atoms with Crippen molar-refractivity contribution in [3.05, 3.63) is 29.6 Å². The third kappa shape index (κ3) is 2.60. The van der Waals surface area contributed by atoms with Crippen molar-refractivity contribution in [2.45, 2.75) is 20.0 Å². The summed E-state index contributed by atoms with van der Waals surface area (Å²) in [6.45, 7) is 5.90. The molecule has 0 spiro atoms. The van der Waals surface area contributed by atoms with E-state index in [1.807, 2.05) is 20.0 Å². The molecule has 0 heterocycles. The van der Waals surface area contributed by atoms with E-state index in [1.54, 1.807) is 0 Å². The van der Waals surface area contributed by atoms with Gasteiger partial charge in [-0.1, -0.05) is 0 Å². The Morgan fingerprint density at radius 1 is 1.13 bits per heavy atom.